The monoisotopic (exact) mass is 537 g/mol. The molecular formula is C32H31N3O5. The third-order valence-electron chi connectivity index (χ3n) is 6.51. The number of carbonyl (C=O) groups is 3. The second-order valence-electron chi connectivity index (χ2n) is 9.17. The Bertz CT molecular complexity index is 1460. The standard InChI is InChI=1S/C32H31N3O5/c1-40-25-14-12-23(13-15-25)16-19-35(20-17-30(36)37)32(39)29-11-5-3-9-27(29)26-8-2-4-10-28(26)31(38)34-22-24-7-6-18-33-21-24/h2-15,18,21H,16-17,19-20,22H2,1H3,(H,34,38)(H,36,37). The minimum absolute atomic E-state index is 0.0614. The summed E-state index contributed by atoms with van der Waals surface area (Å²) < 4.78 is 5.21. The van der Waals surface area contributed by atoms with Gasteiger partial charge in [-0.3, -0.25) is 19.4 Å². The van der Waals surface area contributed by atoms with Crippen LogP contribution in [0, 0.1) is 0 Å². The average molecular weight is 538 g/mol. The molecule has 0 aliphatic heterocycles. The van der Waals surface area contributed by atoms with Gasteiger partial charge in [-0.2, -0.15) is 0 Å². The molecule has 2 N–H and O–H groups in total. The van der Waals surface area contributed by atoms with E-state index < -0.39 is 5.97 Å². The van der Waals surface area contributed by atoms with Crippen molar-refractivity contribution >= 4 is 17.8 Å². The zero-order chi connectivity index (χ0) is 28.3. The lowest BCUT2D eigenvalue weighted by Gasteiger charge is -2.24. The Labute approximate surface area is 233 Å². The molecule has 0 bridgehead atoms. The molecule has 204 valence electrons. The summed E-state index contributed by atoms with van der Waals surface area (Å²) in [7, 11) is 1.60. The van der Waals surface area contributed by atoms with Crippen molar-refractivity contribution in [2.75, 3.05) is 20.2 Å². The van der Waals surface area contributed by atoms with Gasteiger partial charge >= 0.3 is 5.97 Å². The first-order valence-electron chi connectivity index (χ1n) is 13.0. The minimum atomic E-state index is -0.980. The van der Waals surface area contributed by atoms with E-state index in [2.05, 4.69) is 10.3 Å². The van der Waals surface area contributed by atoms with E-state index in [0.29, 0.717) is 41.8 Å². The van der Waals surface area contributed by atoms with Crippen molar-refractivity contribution in [1.82, 2.24) is 15.2 Å². The molecule has 0 radical (unpaired) electrons. The number of pyridine rings is 1. The molecule has 0 fully saturated rings. The molecular weight excluding hydrogens is 506 g/mol. The Kier molecular flexibility index (Phi) is 9.61. The van der Waals surface area contributed by atoms with Crippen molar-refractivity contribution in [1.29, 1.82) is 0 Å². The van der Waals surface area contributed by atoms with Crippen LogP contribution >= 0.6 is 0 Å². The fraction of sp³-hybridized carbons (Fsp3) is 0.188. The van der Waals surface area contributed by atoms with Gasteiger partial charge < -0.3 is 20.1 Å². The number of carboxylic acids is 1. The summed E-state index contributed by atoms with van der Waals surface area (Å²) in [6, 6.07) is 25.5. The maximum Gasteiger partial charge on any atom is 0.305 e. The van der Waals surface area contributed by atoms with Gasteiger partial charge in [0, 0.05) is 43.2 Å². The predicted molar refractivity (Wildman–Crippen MR) is 152 cm³/mol. The number of ether oxygens (including phenoxy) is 1. The van der Waals surface area contributed by atoms with E-state index in [4.69, 9.17) is 4.74 Å². The molecule has 4 rings (SSSR count). The Morgan fingerprint density at radius 3 is 2.15 bits per heavy atom. The molecule has 3 aromatic carbocycles. The molecule has 8 heteroatoms. The highest BCUT2D eigenvalue weighted by molar-refractivity contribution is 6.06. The number of amides is 2. The van der Waals surface area contributed by atoms with Gasteiger partial charge in [-0.05, 0) is 59.0 Å². The minimum Gasteiger partial charge on any atom is -0.497 e. The summed E-state index contributed by atoms with van der Waals surface area (Å²) in [4.78, 5) is 44.1. The van der Waals surface area contributed by atoms with Crippen LogP contribution in [-0.2, 0) is 17.8 Å². The molecule has 40 heavy (non-hydrogen) atoms. The van der Waals surface area contributed by atoms with Gasteiger partial charge in [0.05, 0.1) is 13.5 Å². The first-order valence-corrected chi connectivity index (χ1v) is 13.0. The van der Waals surface area contributed by atoms with Crippen LogP contribution in [0.2, 0.25) is 0 Å². The largest absolute Gasteiger partial charge is 0.497 e. The van der Waals surface area contributed by atoms with Crippen LogP contribution in [-0.4, -0.2) is 53.0 Å². The fourth-order valence-corrected chi connectivity index (χ4v) is 4.37. The van der Waals surface area contributed by atoms with Gasteiger partial charge in [-0.15, -0.1) is 0 Å². The number of nitrogens with zero attached hydrogens (tertiary/aromatic N) is 2. The van der Waals surface area contributed by atoms with Crippen molar-refractivity contribution in [3.63, 3.8) is 0 Å². The first-order chi connectivity index (χ1) is 19.5. The Morgan fingerprint density at radius 1 is 0.825 bits per heavy atom. The Morgan fingerprint density at radius 2 is 1.50 bits per heavy atom. The molecule has 0 atom stereocenters. The van der Waals surface area contributed by atoms with E-state index in [1.54, 1.807) is 54.7 Å². The molecule has 4 aromatic rings. The van der Waals surface area contributed by atoms with E-state index in [-0.39, 0.29) is 24.8 Å². The maximum absolute atomic E-state index is 13.9. The Hall–Kier alpha value is -4.98. The molecule has 0 aliphatic carbocycles. The number of benzene rings is 3. The van der Waals surface area contributed by atoms with Crippen molar-refractivity contribution in [3.8, 4) is 16.9 Å². The van der Waals surface area contributed by atoms with Crippen LogP contribution in [0.3, 0.4) is 0 Å². The lowest BCUT2D eigenvalue weighted by atomic mass is 9.94. The van der Waals surface area contributed by atoms with Gasteiger partial charge in [-0.1, -0.05) is 54.6 Å². The summed E-state index contributed by atoms with van der Waals surface area (Å²) >= 11 is 0. The molecule has 1 heterocycles. The molecule has 1 aromatic heterocycles. The SMILES string of the molecule is COc1ccc(CCN(CCC(=O)O)C(=O)c2ccccc2-c2ccccc2C(=O)NCc2cccnc2)cc1. The van der Waals surface area contributed by atoms with Crippen LogP contribution in [0.4, 0.5) is 0 Å². The third kappa shape index (κ3) is 7.32. The number of carboxylic acid groups (broad SMARTS) is 1. The highest BCUT2D eigenvalue weighted by Gasteiger charge is 2.22. The van der Waals surface area contributed by atoms with Crippen LogP contribution in [0.25, 0.3) is 11.1 Å². The number of carbonyl (C=O) groups excluding carboxylic acids is 2. The van der Waals surface area contributed by atoms with Crippen LogP contribution < -0.4 is 10.1 Å². The lowest BCUT2D eigenvalue weighted by Crippen LogP contribution is -2.35. The summed E-state index contributed by atoms with van der Waals surface area (Å²) in [5.74, 6) is -0.814. The van der Waals surface area contributed by atoms with Gasteiger partial charge in [0.25, 0.3) is 11.8 Å². The van der Waals surface area contributed by atoms with E-state index >= 15 is 0 Å². The average Bonchev–Trinajstić information content (AvgIpc) is 3.00. The molecule has 8 nitrogen and oxygen atoms in total. The molecule has 0 unspecified atom stereocenters. The van der Waals surface area contributed by atoms with Crippen molar-refractivity contribution in [2.24, 2.45) is 0 Å². The number of aromatic nitrogens is 1. The van der Waals surface area contributed by atoms with Crippen LogP contribution in [0.5, 0.6) is 5.75 Å². The fourth-order valence-electron chi connectivity index (χ4n) is 4.37. The van der Waals surface area contributed by atoms with Crippen LogP contribution in [0.1, 0.15) is 38.3 Å². The summed E-state index contributed by atoms with van der Waals surface area (Å²) in [5, 5.41) is 12.2. The number of nitrogens with one attached hydrogen (secondary N) is 1. The topological polar surface area (TPSA) is 109 Å². The van der Waals surface area contributed by atoms with Crippen molar-refractivity contribution in [2.45, 2.75) is 19.4 Å². The number of methoxy groups -OCH3 is 1. The maximum atomic E-state index is 13.9. The molecule has 2 amide bonds. The summed E-state index contributed by atoms with van der Waals surface area (Å²) in [5.41, 5.74) is 3.91. The van der Waals surface area contributed by atoms with Crippen molar-refractivity contribution in [3.05, 3.63) is 120 Å². The number of hydrogen-bond acceptors (Lipinski definition) is 5. The number of rotatable bonds is 12. The summed E-state index contributed by atoms with van der Waals surface area (Å²) in [6.07, 6.45) is 3.73. The highest BCUT2D eigenvalue weighted by Crippen LogP contribution is 2.28. The van der Waals surface area contributed by atoms with Gasteiger partial charge in [-0.25, -0.2) is 0 Å². The third-order valence-corrected chi connectivity index (χ3v) is 6.51. The molecule has 0 saturated carbocycles. The van der Waals surface area contributed by atoms with E-state index in [1.165, 1.54) is 0 Å². The molecule has 0 saturated heterocycles. The first kappa shape index (κ1) is 28.0. The zero-order valence-corrected chi connectivity index (χ0v) is 22.2. The van der Waals surface area contributed by atoms with E-state index in [1.807, 2.05) is 54.6 Å². The quantitative estimate of drug-likeness (QED) is 0.268. The van der Waals surface area contributed by atoms with E-state index in [9.17, 15) is 19.5 Å². The van der Waals surface area contributed by atoms with Gasteiger partial charge in [0.15, 0.2) is 0 Å². The molecule has 0 aliphatic rings. The number of hydrogen-bond donors (Lipinski definition) is 2. The predicted octanol–water partition coefficient (Wildman–Crippen LogP) is 4.85. The summed E-state index contributed by atoms with van der Waals surface area (Å²) in [6.45, 7) is 0.710. The van der Waals surface area contributed by atoms with Crippen molar-refractivity contribution < 1.29 is 24.2 Å². The van der Waals surface area contributed by atoms with Gasteiger partial charge in [0.2, 0.25) is 0 Å². The number of aliphatic carboxylic acids is 1. The van der Waals surface area contributed by atoms with Gasteiger partial charge in [0.1, 0.15) is 5.75 Å². The Balaban J connectivity index is 1.59. The van der Waals surface area contributed by atoms with E-state index in [0.717, 1.165) is 16.9 Å². The van der Waals surface area contributed by atoms with Crippen LogP contribution in [0.15, 0.2) is 97.3 Å². The molecule has 0 spiro atoms. The normalized spacial score (nSPS) is 10.5. The second-order valence-corrected chi connectivity index (χ2v) is 9.17. The second kappa shape index (κ2) is 13.7. The lowest BCUT2D eigenvalue weighted by molar-refractivity contribution is -0.137. The highest BCUT2D eigenvalue weighted by atomic mass is 16.5. The zero-order valence-electron chi connectivity index (χ0n) is 22.2. The smallest absolute Gasteiger partial charge is 0.305 e.